The summed E-state index contributed by atoms with van der Waals surface area (Å²) in [7, 11) is 0. The second-order valence-electron chi connectivity index (χ2n) is 5.15. The van der Waals surface area contributed by atoms with Crippen LogP contribution in [0, 0.1) is 0 Å². The van der Waals surface area contributed by atoms with Crippen LogP contribution in [0.1, 0.15) is 20.8 Å². The van der Waals surface area contributed by atoms with Gasteiger partial charge in [0, 0.05) is 11.1 Å². The Labute approximate surface area is 117 Å². The van der Waals surface area contributed by atoms with Crippen LogP contribution in [-0.2, 0) is 5.54 Å². The second kappa shape index (κ2) is 4.48. The Morgan fingerprint density at radius 2 is 1.83 bits per heavy atom. The third-order valence-electron chi connectivity index (χ3n) is 2.72. The van der Waals surface area contributed by atoms with Gasteiger partial charge in [-0.05, 0) is 32.9 Å². The monoisotopic (exact) mass is 283 g/mol. The molecule has 18 heavy (non-hydrogen) atoms. The quantitative estimate of drug-likeness (QED) is 0.853. The van der Waals surface area contributed by atoms with Crippen molar-refractivity contribution in [2.45, 2.75) is 26.3 Å². The molecule has 0 amide bonds. The van der Waals surface area contributed by atoms with Crippen molar-refractivity contribution in [1.29, 1.82) is 0 Å². The molecule has 0 saturated carbocycles. The highest BCUT2D eigenvalue weighted by atomic mass is 35.5. The van der Waals surface area contributed by atoms with E-state index in [0.717, 1.165) is 11.3 Å². The van der Waals surface area contributed by atoms with Gasteiger partial charge in [0.25, 0.3) is 0 Å². The van der Waals surface area contributed by atoms with Crippen LogP contribution in [0.15, 0.2) is 24.5 Å². The highest BCUT2D eigenvalue weighted by Gasteiger charge is 2.19. The molecule has 1 aromatic heterocycles. The number of hydrogen-bond acceptors (Lipinski definition) is 2. The number of aromatic nitrogens is 2. The third-order valence-corrected chi connectivity index (χ3v) is 3.46. The normalized spacial score (nSPS) is 11.8. The zero-order chi connectivity index (χ0) is 13.5. The second-order valence-corrected chi connectivity index (χ2v) is 5.96. The number of anilines is 1. The molecule has 0 bridgehead atoms. The van der Waals surface area contributed by atoms with Crippen LogP contribution in [0.25, 0.3) is 11.3 Å². The van der Waals surface area contributed by atoms with E-state index >= 15 is 0 Å². The van der Waals surface area contributed by atoms with E-state index in [1.165, 1.54) is 0 Å². The van der Waals surface area contributed by atoms with Gasteiger partial charge in [0.05, 0.1) is 16.4 Å². The highest BCUT2D eigenvalue weighted by molar-refractivity contribution is 6.42. The summed E-state index contributed by atoms with van der Waals surface area (Å²) < 4.78 is 1.94. The SMILES string of the molecule is CC(C)(C)n1cnc(-c2ccc(Cl)c(Cl)c2)c1N. The zero-order valence-corrected chi connectivity index (χ0v) is 12.0. The Hall–Kier alpha value is -1.19. The van der Waals surface area contributed by atoms with E-state index in [4.69, 9.17) is 28.9 Å². The largest absolute Gasteiger partial charge is 0.383 e. The third kappa shape index (κ3) is 2.33. The molecule has 0 aliphatic heterocycles. The van der Waals surface area contributed by atoms with Gasteiger partial charge in [0.15, 0.2) is 0 Å². The Morgan fingerprint density at radius 1 is 1.17 bits per heavy atom. The smallest absolute Gasteiger partial charge is 0.132 e. The van der Waals surface area contributed by atoms with Crippen LogP contribution in [0.4, 0.5) is 5.82 Å². The number of hydrogen-bond donors (Lipinski definition) is 1. The number of nitrogens with two attached hydrogens (primary N) is 1. The Balaban J connectivity index is 2.52. The van der Waals surface area contributed by atoms with E-state index in [-0.39, 0.29) is 5.54 Å². The number of halogens is 2. The summed E-state index contributed by atoms with van der Waals surface area (Å²) in [6.07, 6.45) is 1.74. The first kappa shape index (κ1) is 13.2. The first-order chi connectivity index (χ1) is 8.30. The first-order valence-electron chi connectivity index (χ1n) is 5.59. The summed E-state index contributed by atoms with van der Waals surface area (Å²) in [6.45, 7) is 6.22. The van der Waals surface area contributed by atoms with E-state index in [1.54, 1.807) is 18.5 Å². The molecule has 0 saturated heterocycles. The van der Waals surface area contributed by atoms with Crippen LogP contribution in [0.5, 0.6) is 0 Å². The maximum absolute atomic E-state index is 6.13. The molecule has 5 heteroatoms. The summed E-state index contributed by atoms with van der Waals surface area (Å²) in [5, 5.41) is 1.02. The van der Waals surface area contributed by atoms with Crippen LogP contribution >= 0.6 is 23.2 Å². The van der Waals surface area contributed by atoms with Gasteiger partial charge in [-0.25, -0.2) is 4.98 Å². The number of rotatable bonds is 1. The lowest BCUT2D eigenvalue weighted by atomic mass is 10.1. The lowest BCUT2D eigenvalue weighted by molar-refractivity contribution is 0.402. The minimum atomic E-state index is -0.106. The van der Waals surface area contributed by atoms with Crippen molar-refractivity contribution >= 4 is 29.0 Å². The van der Waals surface area contributed by atoms with Gasteiger partial charge in [0.2, 0.25) is 0 Å². The minimum absolute atomic E-state index is 0.106. The average Bonchev–Trinajstić information content (AvgIpc) is 2.64. The van der Waals surface area contributed by atoms with E-state index in [0.29, 0.717) is 15.9 Å². The molecule has 3 nitrogen and oxygen atoms in total. The van der Waals surface area contributed by atoms with Gasteiger partial charge >= 0.3 is 0 Å². The summed E-state index contributed by atoms with van der Waals surface area (Å²) in [5.41, 5.74) is 7.62. The van der Waals surface area contributed by atoms with Crippen LogP contribution in [-0.4, -0.2) is 9.55 Å². The van der Waals surface area contributed by atoms with Gasteiger partial charge in [-0.15, -0.1) is 0 Å². The van der Waals surface area contributed by atoms with Gasteiger partial charge in [-0.2, -0.15) is 0 Å². The Bertz CT molecular complexity index is 582. The topological polar surface area (TPSA) is 43.8 Å². The lowest BCUT2D eigenvalue weighted by Crippen LogP contribution is -2.22. The van der Waals surface area contributed by atoms with Crippen LogP contribution in [0.2, 0.25) is 10.0 Å². The number of imidazole rings is 1. The molecular weight excluding hydrogens is 269 g/mol. The van der Waals surface area contributed by atoms with E-state index in [2.05, 4.69) is 25.8 Å². The molecule has 0 spiro atoms. The van der Waals surface area contributed by atoms with E-state index in [9.17, 15) is 0 Å². The fraction of sp³-hybridized carbons (Fsp3) is 0.308. The summed E-state index contributed by atoms with van der Waals surface area (Å²) >= 11 is 11.9. The fourth-order valence-corrected chi connectivity index (χ4v) is 2.06. The Kier molecular flexibility index (Phi) is 3.30. The van der Waals surface area contributed by atoms with Crippen LogP contribution in [0.3, 0.4) is 0 Å². The summed E-state index contributed by atoms with van der Waals surface area (Å²) in [5.74, 6) is 0.626. The van der Waals surface area contributed by atoms with Gasteiger partial charge < -0.3 is 10.3 Å². The van der Waals surface area contributed by atoms with Gasteiger partial charge in [0.1, 0.15) is 11.5 Å². The highest BCUT2D eigenvalue weighted by Crippen LogP contribution is 2.32. The molecule has 1 heterocycles. The van der Waals surface area contributed by atoms with E-state index < -0.39 is 0 Å². The Morgan fingerprint density at radius 3 is 2.33 bits per heavy atom. The van der Waals surface area contributed by atoms with Crippen molar-refractivity contribution in [3.05, 3.63) is 34.6 Å². The molecule has 0 aliphatic rings. The molecule has 1 aromatic carbocycles. The fourth-order valence-electron chi connectivity index (χ4n) is 1.76. The van der Waals surface area contributed by atoms with Crippen molar-refractivity contribution in [3.8, 4) is 11.3 Å². The molecule has 0 fully saturated rings. The predicted molar refractivity (Wildman–Crippen MR) is 77.1 cm³/mol. The summed E-state index contributed by atoms with van der Waals surface area (Å²) in [6, 6.07) is 5.38. The summed E-state index contributed by atoms with van der Waals surface area (Å²) in [4.78, 5) is 4.36. The molecule has 0 aliphatic carbocycles. The molecule has 0 atom stereocenters. The van der Waals surface area contributed by atoms with Gasteiger partial charge in [-0.1, -0.05) is 29.3 Å². The van der Waals surface area contributed by atoms with Gasteiger partial charge in [-0.3, -0.25) is 0 Å². The average molecular weight is 284 g/mol. The standard InChI is InChI=1S/C13H15Cl2N3/c1-13(2,3)18-7-17-11(12(18)16)8-4-5-9(14)10(15)6-8/h4-7H,16H2,1-3H3. The van der Waals surface area contributed by atoms with Crippen molar-refractivity contribution in [2.24, 2.45) is 0 Å². The van der Waals surface area contributed by atoms with Crippen LogP contribution < -0.4 is 5.73 Å². The molecule has 2 aromatic rings. The van der Waals surface area contributed by atoms with Crippen molar-refractivity contribution in [3.63, 3.8) is 0 Å². The zero-order valence-electron chi connectivity index (χ0n) is 10.5. The maximum atomic E-state index is 6.13. The van der Waals surface area contributed by atoms with E-state index in [1.807, 2.05) is 10.6 Å². The lowest BCUT2D eigenvalue weighted by Gasteiger charge is -2.22. The first-order valence-corrected chi connectivity index (χ1v) is 6.35. The molecule has 2 rings (SSSR count). The molecule has 96 valence electrons. The number of nitrogens with zero attached hydrogens (tertiary/aromatic N) is 2. The van der Waals surface area contributed by atoms with Crippen molar-refractivity contribution in [1.82, 2.24) is 9.55 Å². The number of nitrogen functional groups attached to an aromatic ring is 1. The number of benzene rings is 1. The molecular formula is C13H15Cl2N3. The molecule has 0 radical (unpaired) electrons. The molecule has 0 unspecified atom stereocenters. The van der Waals surface area contributed by atoms with Crippen molar-refractivity contribution in [2.75, 3.05) is 5.73 Å². The predicted octanol–water partition coefficient (Wildman–Crippen LogP) is 4.19. The van der Waals surface area contributed by atoms with Crippen molar-refractivity contribution < 1.29 is 0 Å². The maximum Gasteiger partial charge on any atom is 0.132 e. The minimum Gasteiger partial charge on any atom is -0.383 e. The molecule has 2 N–H and O–H groups in total.